The van der Waals surface area contributed by atoms with Crippen molar-refractivity contribution in [1.29, 1.82) is 0 Å². The van der Waals surface area contributed by atoms with E-state index in [9.17, 15) is 5.11 Å². The van der Waals surface area contributed by atoms with Gasteiger partial charge in [-0.2, -0.15) is 0 Å². The fraction of sp³-hybridized carbons (Fsp3) is 0.0312. The van der Waals surface area contributed by atoms with E-state index >= 15 is 0 Å². The molecule has 0 atom stereocenters. The van der Waals surface area contributed by atoms with Crippen LogP contribution < -0.4 is 4.90 Å². The number of benzene rings is 3. The molecule has 38 heavy (non-hydrogen) atoms. The molecule has 5 nitrogen and oxygen atoms in total. The molecule has 0 bridgehead atoms. The summed E-state index contributed by atoms with van der Waals surface area (Å²) >= 11 is 0. The normalized spacial score (nSPS) is 11.9. The first kappa shape index (κ1) is 26.8. The van der Waals surface area contributed by atoms with Crippen molar-refractivity contribution in [3.8, 4) is 39.5 Å². The van der Waals surface area contributed by atoms with Gasteiger partial charge >= 0.3 is 20.1 Å². The van der Waals surface area contributed by atoms with Gasteiger partial charge in [0.25, 0.3) is 0 Å². The second-order valence-electron chi connectivity index (χ2n) is 8.35. The van der Waals surface area contributed by atoms with E-state index in [-0.39, 0.29) is 25.9 Å². The van der Waals surface area contributed by atoms with E-state index in [1.54, 1.807) is 12.1 Å². The van der Waals surface area contributed by atoms with Crippen LogP contribution in [0.5, 0.6) is 5.75 Å². The minimum Gasteiger partial charge on any atom is -0.510 e. The third-order valence-electron chi connectivity index (χ3n) is 5.67. The number of rotatable bonds is 4. The third kappa shape index (κ3) is 6.54. The Hall–Kier alpha value is -4.25. The molecule has 0 spiro atoms. The minimum absolute atomic E-state index is 0. The first-order valence-corrected chi connectivity index (χ1v) is 11.9. The van der Waals surface area contributed by atoms with Gasteiger partial charge in [-0.05, 0) is 55.1 Å². The molecule has 6 heteroatoms. The molecule has 3 aromatic carbocycles. The number of aromatic hydroxyl groups is 1. The van der Waals surface area contributed by atoms with Crippen molar-refractivity contribution in [3.63, 3.8) is 0 Å². The molecule has 0 radical (unpaired) electrons. The number of phenolic OH excluding ortho intramolecular Hbond substituents is 1. The van der Waals surface area contributed by atoms with Gasteiger partial charge in [-0.1, -0.05) is 36.4 Å². The molecule has 1 aliphatic heterocycles. The van der Waals surface area contributed by atoms with Gasteiger partial charge in [-0.15, -0.1) is 78.5 Å². The van der Waals surface area contributed by atoms with Crippen molar-refractivity contribution in [2.24, 2.45) is 0 Å². The van der Waals surface area contributed by atoms with Crippen LogP contribution in [0.2, 0.25) is 0 Å². The Morgan fingerprint density at radius 1 is 0.658 bits per heavy atom. The topological polar surface area (TPSA) is 52.5 Å². The van der Waals surface area contributed by atoms with Crippen LogP contribution in [-0.4, -0.2) is 27.0 Å². The fourth-order valence-electron chi connectivity index (χ4n) is 3.83. The smallest absolute Gasteiger partial charge is 0.510 e. The summed E-state index contributed by atoms with van der Waals surface area (Å²) in [6, 6.07) is 40.9. The zero-order chi connectivity index (χ0) is 25.5. The van der Waals surface area contributed by atoms with E-state index in [4.69, 9.17) is 0 Å². The average Bonchev–Trinajstić information content (AvgIpc) is 3.41. The number of para-hydroxylation sites is 1. The summed E-state index contributed by atoms with van der Waals surface area (Å²) in [5.74, 6) is 1.15. The standard InChI is InChI=1S/C17H12NO.C15H13N3.Ir/c19-17-12-5-4-9-14(17)16-11-6-10-15(18-16)13-7-2-1-3-8-13;1-17-10-11-18(12-17)15-9-5-8-14(16-15)13-6-3-2-4-7-13;/h1-7,9-12,19H;2-6,8-12H,1H3;/q-1;-2;+3. The van der Waals surface area contributed by atoms with Gasteiger partial charge in [-0.25, -0.2) is 0 Å². The summed E-state index contributed by atoms with van der Waals surface area (Å²) in [4.78, 5) is 13.2. The predicted molar refractivity (Wildman–Crippen MR) is 148 cm³/mol. The Kier molecular flexibility index (Phi) is 9.04. The number of nitrogens with zero attached hydrogens (tertiary/aromatic N) is 4. The van der Waals surface area contributed by atoms with Gasteiger partial charge in [0, 0.05) is 5.56 Å². The molecule has 0 fully saturated rings. The monoisotopic (exact) mass is 674 g/mol. The molecular formula is C32H25IrN4O. The molecule has 188 valence electrons. The Bertz CT molecular complexity index is 1490. The van der Waals surface area contributed by atoms with Crippen molar-refractivity contribution in [3.05, 3.63) is 140 Å². The molecule has 0 saturated heterocycles. The summed E-state index contributed by atoms with van der Waals surface area (Å²) in [6.07, 6.45) is 3.98. The van der Waals surface area contributed by atoms with Crippen molar-refractivity contribution >= 4 is 5.82 Å². The van der Waals surface area contributed by atoms with E-state index in [2.05, 4.69) is 22.1 Å². The first-order valence-electron chi connectivity index (χ1n) is 11.9. The number of phenols is 1. The molecular weight excluding hydrogens is 649 g/mol. The zero-order valence-electron chi connectivity index (χ0n) is 20.7. The van der Waals surface area contributed by atoms with Gasteiger partial charge in [-0.3, -0.25) is 9.97 Å². The molecule has 0 amide bonds. The Labute approximate surface area is 237 Å². The minimum atomic E-state index is 0. The van der Waals surface area contributed by atoms with Crippen molar-refractivity contribution in [1.82, 2.24) is 14.9 Å². The Morgan fingerprint density at radius 3 is 1.87 bits per heavy atom. The summed E-state index contributed by atoms with van der Waals surface area (Å²) < 4.78 is 0. The molecule has 1 aliphatic rings. The molecule has 2 aromatic heterocycles. The zero-order valence-corrected chi connectivity index (χ0v) is 23.1. The maximum absolute atomic E-state index is 9.88. The molecule has 6 rings (SSSR count). The van der Waals surface area contributed by atoms with Gasteiger partial charge in [0.15, 0.2) is 0 Å². The largest absolute Gasteiger partial charge is 3.00 e. The number of hydrogen-bond donors (Lipinski definition) is 1. The molecule has 0 unspecified atom stereocenters. The quantitative estimate of drug-likeness (QED) is 0.213. The summed E-state index contributed by atoms with van der Waals surface area (Å²) in [5.41, 5.74) is 5.23. The van der Waals surface area contributed by atoms with Crippen LogP contribution >= 0.6 is 0 Å². The molecule has 5 aromatic rings. The molecule has 0 aliphatic carbocycles. The number of anilines is 1. The van der Waals surface area contributed by atoms with Gasteiger partial charge in [0.05, 0.1) is 11.5 Å². The molecule has 3 heterocycles. The number of hydrogen-bond acceptors (Lipinski definition) is 5. The van der Waals surface area contributed by atoms with E-state index < -0.39 is 0 Å². The second kappa shape index (κ2) is 12.8. The number of pyridine rings is 2. The first-order chi connectivity index (χ1) is 18.2. The van der Waals surface area contributed by atoms with Crippen molar-refractivity contribution in [2.75, 3.05) is 11.9 Å². The van der Waals surface area contributed by atoms with E-state index in [1.165, 1.54) is 0 Å². The van der Waals surface area contributed by atoms with Gasteiger partial charge in [0.2, 0.25) is 0 Å². The summed E-state index contributed by atoms with van der Waals surface area (Å²) in [5, 5.41) is 9.88. The van der Waals surface area contributed by atoms with Crippen LogP contribution in [0.25, 0.3) is 33.8 Å². The average molecular weight is 674 g/mol. The van der Waals surface area contributed by atoms with E-state index in [1.807, 2.05) is 133 Å². The summed E-state index contributed by atoms with van der Waals surface area (Å²) in [7, 11) is 1.99. The van der Waals surface area contributed by atoms with Crippen molar-refractivity contribution in [2.45, 2.75) is 0 Å². The summed E-state index contributed by atoms with van der Waals surface area (Å²) in [6.45, 7) is 1.99. The molecule has 1 N–H and O–H groups in total. The van der Waals surface area contributed by atoms with Crippen LogP contribution in [0.15, 0.2) is 122 Å². The maximum atomic E-state index is 9.88. The SMILES string of the molecule is CN1C=CN(c2cccc(-c3[c-]cccc3)n2)[CH-]1.Oc1ccccc1-c1cccc(-c2[c-]cccc2)n1.[Ir+3]. The molecule has 0 saturated carbocycles. The number of aromatic nitrogens is 2. The Morgan fingerprint density at radius 2 is 1.26 bits per heavy atom. The predicted octanol–water partition coefficient (Wildman–Crippen LogP) is 6.81. The van der Waals surface area contributed by atoms with Crippen LogP contribution in [0.1, 0.15) is 0 Å². The van der Waals surface area contributed by atoms with E-state index in [0.717, 1.165) is 39.6 Å². The fourth-order valence-corrected chi connectivity index (χ4v) is 3.83. The third-order valence-corrected chi connectivity index (χ3v) is 5.67. The van der Waals surface area contributed by atoms with Crippen LogP contribution in [0.4, 0.5) is 5.82 Å². The van der Waals surface area contributed by atoms with Crippen LogP contribution in [0.3, 0.4) is 0 Å². The van der Waals surface area contributed by atoms with Crippen LogP contribution in [-0.2, 0) is 20.1 Å². The maximum Gasteiger partial charge on any atom is 3.00 e. The van der Waals surface area contributed by atoms with Crippen LogP contribution in [0, 0.1) is 18.8 Å². The van der Waals surface area contributed by atoms with Crippen molar-refractivity contribution < 1.29 is 25.2 Å². The van der Waals surface area contributed by atoms with Gasteiger partial charge in [0.1, 0.15) is 5.75 Å². The Balaban J connectivity index is 0.000000173. The van der Waals surface area contributed by atoms with Gasteiger partial charge < -0.3 is 14.9 Å². The van der Waals surface area contributed by atoms with E-state index in [0.29, 0.717) is 0 Å². The second-order valence-corrected chi connectivity index (χ2v) is 8.35.